The summed E-state index contributed by atoms with van der Waals surface area (Å²) in [7, 11) is 0. The van der Waals surface area contributed by atoms with Crippen LogP contribution in [0.4, 0.5) is 0 Å². The molecule has 0 amide bonds. The zero-order valence-electron chi connectivity index (χ0n) is 8.06. The van der Waals surface area contributed by atoms with Crippen LogP contribution in [-0.2, 0) is 0 Å². The monoisotopic (exact) mass is 189 g/mol. The number of nitrogens with zero attached hydrogens (tertiary/aromatic N) is 1. The molecule has 1 fully saturated rings. The van der Waals surface area contributed by atoms with Gasteiger partial charge in [0, 0.05) is 5.38 Å². The van der Waals surface area contributed by atoms with Crippen LogP contribution in [0, 0.1) is 0 Å². The second-order valence-corrected chi connectivity index (χ2v) is 4.34. The summed E-state index contributed by atoms with van der Waals surface area (Å²) in [6.07, 6.45) is 6.44. The maximum absolute atomic E-state index is 6.02. The zero-order valence-corrected chi connectivity index (χ0v) is 8.82. The van der Waals surface area contributed by atoms with Gasteiger partial charge in [0.2, 0.25) is 0 Å². The summed E-state index contributed by atoms with van der Waals surface area (Å²) in [4.78, 5) is 2.55. The van der Waals surface area contributed by atoms with E-state index in [2.05, 4.69) is 11.8 Å². The van der Waals surface area contributed by atoms with E-state index in [9.17, 15) is 0 Å². The Hall–Kier alpha value is 0.250. The number of alkyl halides is 1. The molecule has 0 aromatic heterocycles. The summed E-state index contributed by atoms with van der Waals surface area (Å²) < 4.78 is 0. The first-order valence-corrected chi connectivity index (χ1v) is 5.63. The molecule has 72 valence electrons. The Bertz CT molecular complexity index is 108. The normalized spacial score (nSPS) is 21.5. The number of halogens is 1. The summed E-state index contributed by atoms with van der Waals surface area (Å²) in [5, 5.41) is 0.451. The van der Waals surface area contributed by atoms with Gasteiger partial charge in [0.05, 0.1) is 0 Å². The lowest BCUT2D eigenvalue weighted by atomic mass is 10.1. The van der Waals surface area contributed by atoms with E-state index in [0.717, 1.165) is 0 Å². The van der Waals surface area contributed by atoms with Crippen molar-refractivity contribution >= 4 is 11.6 Å². The van der Waals surface area contributed by atoms with Gasteiger partial charge in [0.15, 0.2) is 0 Å². The quantitative estimate of drug-likeness (QED) is 0.486. The fraction of sp³-hybridized carbons (Fsp3) is 1.00. The second kappa shape index (κ2) is 5.82. The molecule has 0 saturated carbocycles. The highest BCUT2D eigenvalue weighted by atomic mass is 35.5. The molecule has 1 saturated heterocycles. The van der Waals surface area contributed by atoms with Gasteiger partial charge in [-0.2, -0.15) is 0 Å². The Morgan fingerprint density at radius 2 is 1.92 bits per heavy atom. The van der Waals surface area contributed by atoms with Gasteiger partial charge in [-0.25, -0.2) is 0 Å². The summed E-state index contributed by atoms with van der Waals surface area (Å²) in [5.41, 5.74) is 0. The van der Waals surface area contributed by atoms with Gasteiger partial charge in [-0.1, -0.05) is 19.8 Å². The standard InChI is InChI=1S/C10H20ClN/c1-2-3-4-7-12-8-5-10(11)6-9-12/h10H,2-9H2,1H3. The average molecular weight is 190 g/mol. The van der Waals surface area contributed by atoms with Crippen molar-refractivity contribution in [2.75, 3.05) is 19.6 Å². The van der Waals surface area contributed by atoms with Crippen LogP contribution in [0.25, 0.3) is 0 Å². The van der Waals surface area contributed by atoms with Crippen LogP contribution < -0.4 is 0 Å². The van der Waals surface area contributed by atoms with Crippen LogP contribution in [-0.4, -0.2) is 29.9 Å². The Labute approximate surface area is 81.1 Å². The number of likely N-dealkylation sites (tertiary alicyclic amines) is 1. The van der Waals surface area contributed by atoms with E-state index in [0.29, 0.717) is 5.38 Å². The molecule has 0 unspecified atom stereocenters. The third kappa shape index (κ3) is 3.77. The molecular formula is C10H20ClN. The Morgan fingerprint density at radius 1 is 1.25 bits per heavy atom. The molecule has 0 aromatic rings. The van der Waals surface area contributed by atoms with Crippen molar-refractivity contribution in [3.63, 3.8) is 0 Å². The highest BCUT2D eigenvalue weighted by molar-refractivity contribution is 6.20. The summed E-state index contributed by atoms with van der Waals surface area (Å²) in [6, 6.07) is 0. The molecule has 1 heterocycles. The van der Waals surface area contributed by atoms with E-state index in [1.54, 1.807) is 0 Å². The molecule has 0 aliphatic carbocycles. The highest BCUT2D eigenvalue weighted by Gasteiger charge is 2.15. The van der Waals surface area contributed by atoms with Gasteiger partial charge < -0.3 is 4.90 Å². The molecule has 0 spiro atoms. The van der Waals surface area contributed by atoms with Gasteiger partial charge in [-0.15, -0.1) is 11.6 Å². The number of hydrogen-bond acceptors (Lipinski definition) is 1. The van der Waals surface area contributed by atoms with Crippen LogP contribution in [0.1, 0.15) is 39.0 Å². The number of unbranched alkanes of at least 4 members (excludes halogenated alkanes) is 2. The third-order valence-corrected chi connectivity index (χ3v) is 3.03. The summed E-state index contributed by atoms with van der Waals surface area (Å²) >= 11 is 6.02. The van der Waals surface area contributed by atoms with Crippen molar-refractivity contribution < 1.29 is 0 Å². The summed E-state index contributed by atoms with van der Waals surface area (Å²) in [6.45, 7) is 5.98. The Balaban J connectivity index is 2.01. The van der Waals surface area contributed by atoms with Gasteiger partial charge in [0.1, 0.15) is 0 Å². The Kier molecular flexibility index (Phi) is 5.01. The molecule has 0 aromatic carbocycles. The number of piperidine rings is 1. The van der Waals surface area contributed by atoms with Crippen LogP contribution in [0.3, 0.4) is 0 Å². The minimum Gasteiger partial charge on any atom is -0.303 e. The van der Waals surface area contributed by atoms with Gasteiger partial charge in [0.25, 0.3) is 0 Å². The maximum Gasteiger partial charge on any atom is 0.0360 e. The SMILES string of the molecule is CCCCCN1CCC(Cl)CC1. The van der Waals surface area contributed by atoms with Crippen molar-refractivity contribution in [2.24, 2.45) is 0 Å². The lowest BCUT2D eigenvalue weighted by Gasteiger charge is -2.28. The zero-order chi connectivity index (χ0) is 8.81. The van der Waals surface area contributed by atoms with Crippen LogP contribution in [0.5, 0.6) is 0 Å². The van der Waals surface area contributed by atoms with Gasteiger partial charge in [-0.3, -0.25) is 0 Å². The van der Waals surface area contributed by atoms with Crippen molar-refractivity contribution in [3.8, 4) is 0 Å². The lowest BCUT2D eigenvalue weighted by Crippen LogP contribution is -2.34. The highest BCUT2D eigenvalue weighted by Crippen LogP contribution is 2.15. The molecule has 12 heavy (non-hydrogen) atoms. The Morgan fingerprint density at radius 3 is 2.50 bits per heavy atom. The van der Waals surface area contributed by atoms with Crippen LogP contribution >= 0.6 is 11.6 Å². The molecule has 0 N–H and O–H groups in total. The molecule has 2 heteroatoms. The van der Waals surface area contributed by atoms with E-state index < -0.39 is 0 Å². The van der Waals surface area contributed by atoms with Gasteiger partial charge in [-0.05, 0) is 38.9 Å². The number of hydrogen-bond donors (Lipinski definition) is 0. The third-order valence-electron chi connectivity index (χ3n) is 2.60. The van der Waals surface area contributed by atoms with Crippen LogP contribution in [0.2, 0.25) is 0 Å². The second-order valence-electron chi connectivity index (χ2n) is 3.72. The van der Waals surface area contributed by atoms with Crippen molar-refractivity contribution in [1.82, 2.24) is 4.90 Å². The first-order chi connectivity index (χ1) is 5.83. The minimum absolute atomic E-state index is 0.451. The first-order valence-electron chi connectivity index (χ1n) is 5.19. The average Bonchev–Trinajstić information content (AvgIpc) is 2.09. The van der Waals surface area contributed by atoms with Crippen molar-refractivity contribution in [3.05, 3.63) is 0 Å². The molecule has 0 radical (unpaired) electrons. The van der Waals surface area contributed by atoms with Gasteiger partial charge >= 0.3 is 0 Å². The fourth-order valence-corrected chi connectivity index (χ4v) is 1.91. The maximum atomic E-state index is 6.02. The van der Waals surface area contributed by atoms with E-state index in [-0.39, 0.29) is 0 Å². The molecule has 1 aliphatic rings. The summed E-state index contributed by atoms with van der Waals surface area (Å²) in [5.74, 6) is 0. The first kappa shape index (κ1) is 10.3. The van der Waals surface area contributed by atoms with E-state index in [4.69, 9.17) is 11.6 Å². The predicted molar refractivity (Wildman–Crippen MR) is 54.8 cm³/mol. The fourth-order valence-electron chi connectivity index (χ4n) is 1.71. The largest absolute Gasteiger partial charge is 0.303 e. The molecular weight excluding hydrogens is 170 g/mol. The molecule has 0 atom stereocenters. The van der Waals surface area contributed by atoms with E-state index >= 15 is 0 Å². The molecule has 1 rings (SSSR count). The molecule has 1 aliphatic heterocycles. The predicted octanol–water partition coefficient (Wildman–Crippen LogP) is 2.88. The topological polar surface area (TPSA) is 3.24 Å². The van der Waals surface area contributed by atoms with Crippen LogP contribution in [0.15, 0.2) is 0 Å². The number of rotatable bonds is 4. The smallest absolute Gasteiger partial charge is 0.0360 e. The van der Waals surface area contributed by atoms with E-state index in [1.165, 1.54) is 51.7 Å². The van der Waals surface area contributed by atoms with E-state index in [1.807, 2.05) is 0 Å². The lowest BCUT2D eigenvalue weighted by molar-refractivity contribution is 0.227. The molecule has 1 nitrogen and oxygen atoms in total. The minimum atomic E-state index is 0.451. The van der Waals surface area contributed by atoms with Crippen molar-refractivity contribution in [1.29, 1.82) is 0 Å². The van der Waals surface area contributed by atoms with Crippen molar-refractivity contribution in [2.45, 2.75) is 44.4 Å². The molecule has 0 bridgehead atoms.